The van der Waals surface area contributed by atoms with E-state index in [0.29, 0.717) is 6.42 Å². The van der Waals surface area contributed by atoms with Crippen molar-refractivity contribution in [3.8, 4) is 5.75 Å². The number of ether oxygens (including phenoxy) is 1. The molecule has 1 amide bonds. The zero-order valence-corrected chi connectivity index (χ0v) is 13.5. The highest BCUT2D eigenvalue weighted by atomic mass is 35.5. The highest BCUT2D eigenvalue weighted by molar-refractivity contribution is 6.27. The first-order valence-electron chi connectivity index (χ1n) is 7.38. The molecule has 1 aliphatic heterocycles. The van der Waals surface area contributed by atoms with Crippen LogP contribution in [0.5, 0.6) is 5.75 Å². The maximum Gasteiger partial charge on any atom is 0.258 e. The molecule has 0 aliphatic carbocycles. The fourth-order valence-electron chi connectivity index (χ4n) is 2.69. The number of carbonyl (C=O) groups excluding carboxylic acids is 1. The number of benzene rings is 2. The van der Waals surface area contributed by atoms with Crippen LogP contribution < -0.4 is 4.74 Å². The summed E-state index contributed by atoms with van der Waals surface area (Å²) in [5.41, 5.74) is 2.93. The molecule has 118 valence electrons. The van der Waals surface area contributed by atoms with Gasteiger partial charge >= 0.3 is 0 Å². The maximum atomic E-state index is 12.2. The van der Waals surface area contributed by atoms with Crippen LogP contribution >= 0.6 is 11.6 Å². The topological polar surface area (TPSA) is 41.9 Å². The van der Waals surface area contributed by atoms with Crippen molar-refractivity contribution in [1.29, 1.82) is 0 Å². The number of carbonyl (C=O) groups is 1. The molecule has 0 spiro atoms. The van der Waals surface area contributed by atoms with E-state index in [-0.39, 0.29) is 17.8 Å². The summed E-state index contributed by atoms with van der Waals surface area (Å²) in [5.74, 6) is 0.502. The molecule has 0 fully saturated rings. The molecule has 0 N–H and O–H groups in total. The Morgan fingerprint density at radius 2 is 1.91 bits per heavy atom. The second kappa shape index (κ2) is 6.84. The van der Waals surface area contributed by atoms with Gasteiger partial charge < -0.3 is 4.74 Å². The summed E-state index contributed by atoms with van der Waals surface area (Å²) in [5, 5.41) is 6.01. The Hall–Kier alpha value is -2.33. The number of methoxy groups -OCH3 is 1. The fraction of sp³-hybridized carbons (Fsp3) is 0.222. The zero-order chi connectivity index (χ0) is 16.2. The smallest absolute Gasteiger partial charge is 0.258 e. The molecule has 0 unspecified atom stereocenters. The third kappa shape index (κ3) is 3.22. The van der Waals surface area contributed by atoms with Crippen molar-refractivity contribution in [1.82, 2.24) is 5.01 Å². The summed E-state index contributed by atoms with van der Waals surface area (Å²) in [7, 11) is 1.63. The minimum atomic E-state index is -0.196. The van der Waals surface area contributed by atoms with Crippen LogP contribution in [0.1, 0.15) is 23.6 Å². The molecule has 5 heteroatoms. The molecular formula is C18H17ClN2O2. The van der Waals surface area contributed by atoms with Gasteiger partial charge in [0.15, 0.2) is 0 Å². The van der Waals surface area contributed by atoms with Crippen molar-refractivity contribution in [3.63, 3.8) is 0 Å². The molecule has 0 saturated carbocycles. The van der Waals surface area contributed by atoms with Gasteiger partial charge in [-0.25, -0.2) is 5.01 Å². The van der Waals surface area contributed by atoms with Crippen molar-refractivity contribution in [2.45, 2.75) is 12.5 Å². The van der Waals surface area contributed by atoms with E-state index >= 15 is 0 Å². The van der Waals surface area contributed by atoms with Gasteiger partial charge in [-0.05, 0) is 23.3 Å². The second-order valence-corrected chi connectivity index (χ2v) is 5.55. The van der Waals surface area contributed by atoms with E-state index in [2.05, 4.69) is 5.10 Å². The standard InChI is InChI=1S/C18H17ClN2O2/c1-23-15-9-7-14(8-10-15)17-11-16(13-5-3-2-4-6-13)20-21(17)18(22)12-19/h2-10,17H,11-12H2,1H3/t17-/m1/s1. The molecule has 2 aromatic rings. The Morgan fingerprint density at radius 1 is 1.22 bits per heavy atom. The molecule has 1 heterocycles. The summed E-state index contributed by atoms with van der Waals surface area (Å²) < 4.78 is 5.19. The first kappa shape index (κ1) is 15.6. The maximum absolute atomic E-state index is 12.2. The molecule has 23 heavy (non-hydrogen) atoms. The van der Waals surface area contributed by atoms with Gasteiger partial charge in [-0.2, -0.15) is 5.10 Å². The van der Waals surface area contributed by atoms with Crippen molar-refractivity contribution in [2.75, 3.05) is 13.0 Å². The largest absolute Gasteiger partial charge is 0.497 e. The molecule has 1 aliphatic rings. The third-order valence-corrected chi connectivity index (χ3v) is 4.12. The molecule has 1 atom stereocenters. The number of rotatable bonds is 4. The number of halogens is 1. The van der Waals surface area contributed by atoms with Crippen LogP contribution in [0.15, 0.2) is 59.7 Å². The van der Waals surface area contributed by atoms with E-state index in [0.717, 1.165) is 22.6 Å². The van der Waals surface area contributed by atoms with Gasteiger partial charge in [0, 0.05) is 6.42 Å². The summed E-state index contributed by atoms with van der Waals surface area (Å²) in [4.78, 5) is 12.2. The number of nitrogens with zero attached hydrogens (tertiary/aromatic N) is 2. The number of amides is 1. The number of hydrazone groups is 1. The summed E-state index contributed by atoms with van der Waals surface area (Å²) >= 11 is 5.75. The van der Waals surface area contributed by atoms with Gasteiger partial charge in [-0.1, -0.05) is 42.5 Å². The first-order valence-corrected chi connectivity index (χ1v) is 7.91. The van der Waals surface area contributed by atoms with Crippen LogP contribution in [0, 0.1) is 0 Å². The van der Waals surface area contributed by atoms with Gasteiger partial charge in [0.25, 0.3) is 5.91 Å². The lowest BCUT2D eigenvalue weighted by molar-refractivity contribution is -0.130. The molecule has 2 aromatic carbocycles. The Labute approximate surface area is 140 Å². The van der Waals surface area contributed by atoms with Crippen molar-refractivity contribution >= 4 is 23.2 Å². The predicted octanol–water partition coefficient (Wildman–Crippen LogP) is 3.61. The highest BCUT2D eigenvalue weighted by Gasteiger charge is 2.32. The quantitative estimate of drug-likeness (QED) is 0.804. The van der Waals surface area contributed by atoms with E-state index in [1.165, 1.54) is 5.01 Å². The number of hydrogen-bond acceptors (Lipinski definition) is 3. The number of alkyl halides is 1. The summed E-state index contributed by atoms with van der Waals surface area (Å²) in [6.07, 6.45) is 0.666. The van der Waals surface area contributed by atoms with Crippen molar-refractivity contribution in [2.24, 2.45) is 5.10 Å². The highest BCUT2D eigenvalue weighted by Crippen LogP contribution is 2.33. The van der Waals surface area contributed by atoms with Gasteiger partial charge in [0.1, 0.15) is 11.6 Å². The minimum Gasteiger partial charge on any atom is -0.497 e. The van der Waals surface area contributed by atoms with Crippen LogP contribution in [0.3, 0.4) is 0 Å². The van der Waals surface area contributed by atoms with E-state index in [9.17, 15) is 4.79 Å². The normalized spacial score (nSPS) is 17.0. The van der Waals surface area contributed by atoms with Gasteiger partial charge in [0.2, 0.25) is 0 Å². The van der Waals surface area contributed by atoms with Gasteiger partial charge in [-0.15, -0.1) is 11.6 Å². The van der Waals surface area contributed by atoms with Crippen LogP contribution in [0.25, 0.3) is 0 Å². The average Bonchev–Trinajstić information content (AvgIpc) is 3.07. The lowest BCUT2D eigenvalue weighted by Crippen LogP contribution is -2.27. The van der Waals surface area contributed by atoms with Crippen LogP contribution in [0.2, 0.25) is 0 Å². The molecular weight excluding hydrogens is 312 g/mol. The second-order valence-electron chi connectivity index (χ2n) is 5.28. The van der Waals surface area contributed by atoms with E-state index < -0.39 is 0 Å². The van der Waals surface area contributed by atoms with Crippen LogP contribution in [-0.2, 0) is 4.79 Å². The lowest BCUT2D eigenvalue weighted by Gasteiger charge is -2.21. The molecule has 3 rings (SSSR count). The molecule has 0 aromatic heterocycles. The first-order chi connectivity index (χ1) is 11.2. The lowest BCUT2D eigenvalue weighted by atomic mass is 9.98. The fourth-order valence-corrected chi connectivity index (χ4v) is 2.81. The summed E-state index contributed by atoms with van der Waals surface area (Å²) in [6.45, 7) is 0. The zero-order valence-electron chi connectivity index (χ0n) is 12.8. The van der Waals surface area contributed by atoms with E-state index in [1.54, 1.807) is 7.11 Å². The Morgan fingerprint density at radius 3 is 2.52 bits per heavy atom. The summed E-state index contributed by atoms with van der Waals surface area (Å²) in [6, 6.07) is 17.4. The van der Waals surface area contributed by atoms with Crippen molar-refractivity contribution in [3.05, 3.63) is 65.7 Å². The Bertz CT molecular complexity index is 714. The van der Waals surface area contributed by atoms with Gasteiger partial charge in [0.05, 0.1) is 18.9 Å². The van der Waals surface area contributed by atoms with E-state index in [1.807, 2.05) is 54.6 Å². The molecule has 4 nitrogen and oxygen atoms in total. The predicted molar refractivity (Wildman–Crippen MR) is 90.9 cm³/mol. The third-order valence-electron chi connectivity index (χ3n) is 3.89. The monoisotopic (exact) mass is 328 g/mol. The molecule has 0 saturated heterocycles. The van der Waals surface area contributed by atoms with Crippen LogP contribution in [-0.4, -0.2) is 29.6 Å². The average molecular weight is 329 g/mol. The number of hydrogen-bond donors (Lipinski definition) is 0. The Balaban J connectivity index is 1.92. The minimum absolute atomic E-state index is 0.0851. The van der Waals surface area contributed by atoms with Gasteiger partial charge in [-0.3, -0.25) is 4.79 Å². The Kier molecular flexibility index (Phi) is 4.63. The molecule has 0 bridgehead atoms. The van der Waals surface area contributed by atoms with Crippen molar-refractivity contribution < 1.29 is 9.53 Å². The SMILES string of the molecule is COc1ccc([C@H]2CC(c3ccccc3)=NN2C(=O)CCl)cc1. The van der Waals surface area contributed by atoms with Crippen LogP contribution in [0.4, 0.5) is 0 Å². The molecule has 0 radical (unpaired) electrons. The van der Waals surface area contributed by atoms with E-state index in [4.69, 9.17) is 16.3 Å².